The molecule has 0 bridgehead atoms. The molecular formula is C20H22N2O5S2. The Bertz CT molecular complexity index is 1010. The predicted molar refractivity (Wildman–Crippen MR) is 112 cm³/mol. The van der Waals surface area contributed by atoms with E-state index >= 15 is 0 Å². The average molecular weight is 435 g/mol. The van der Waals surface area contributed by atoms with E-state index in [0.717, 1.165) is 17.0 Å². The maximum absolute atomic E-state index is 12.7. The summed E-state index contributed by atoms with van der Waals surface area (Å²) in [5, 5.41) is 0.379. The summed E-state index contributed by atoms with van der Waals surface area (Å²) < 4.78 is 30.9. The molecule has 1 unspecified atom stereocenters. The second-order valence-electron chi connectivity index (χ2n) is 6.54. The normalized spacial score (nSPS) is 16.6. The molecule has 1 N–H and O–H groups in total. The van der Waals surface area contributed by atoms with Gasteiger partial charge in [-0.2, -0.15) is 0 Å². The van der Waals surface area contributed by atoms with Crippen molar-refractivity contribution in [1.29, 1.82) is 0 Å². The van der Waals surface area contributed by atoms with Crippen LogP contribution in [0.15, 0.2) is 58.3 Å². The number of carbonyl (C=O) groups is 2. The van der Waals surface area contributed by atoms with Crippen LogP contribution < -0.4 is 9.62 Å². The quantitative estimate of drug-likeness (QED) is 0.728. The lowest BCUT2D eigenvalue weighted by atomic mass is 10.2. The van der Waals surface area contributed by atoms with E-state index in [4.69, 9.17) is 4.74 Å². The topological polar surface area (TPSA) is 92.8 Å². The standard InChI is InChI=1S/C20H22N2O5S2/c1-14-11-12-22(17-5-3-4-6-18(17)28-14)19(23)13-27-20(24)15-7-9-16(10-8-15)29(25,26)21-2/h3-10,14,21H,11-13H2,1-2H3. The molecular weight excluding hydrogens is 412 g/mol. The fourth-order valence-electron chi connectivity index (χ4n) is 2.92. The lowest BCUT2D eigenvalue weighted by Crippen LogP contribution is -2.35. The largest absolute Gasteiger partial charge is 0.452 e. The monoisotopic (exact) mass is 434 g/mol. The molecule has 9 heteroatoms. The number of rotatable bonds is 5. The zero-order valence-corrected chi connectivity index (χ0v) is 17.8. The third-order valence-corrected chi connectivity index (χ3v) is 7.21. The maximum atomic E-state index is 12.7. The van der Waals surface area contributed by atoms with Gasteiger partial charge in [0.2, 0.25) is 10.0 Å². The van der Waals surface area contributed by atoms with E-state index < -0.39 is 16.0 Å². The molecule has 1 aliphatic heterocycles. The van der Waals surface area contributed by atoms with Gasteiger partial charge in [-0.05, 0) is 49.9 Å². The van der Waals surface area contributed by atoms with Crippen LogP contribution in [-0.4, -0.2) is 45.7 Å². The van der Waals surface area contributed by atoms with Crippen molar-refractivity contribution in [3.8, 4) is 0 Å². The van der Waals surface area contributed by atoms with Crippen LogP contribution in [0, 0.1) is 0 Å². The molecule has 1 heterocycles. The first-order chi connectivity index (χ1) is 13.8. The van der Waals surface area contributed by atoms with Gasteiger partial charge in [-0.15, -0.1) is 11.8 Å². The molecule has 3 rings (SSSR count). The van der Waals surface area contributed by atoms with Crippen LogP contribution in [-0.2, 0) is 19.6 Å². The molecule has 154 valence electrons. The summed E-state index contributed by atoms with van der Waals surface area (Å²) >= 11 is 1.72. The van der Waals surface area contributed by atoms with Crippen molar-refractivity contribution in [2.45, 2.75) is 28.4 Å². The number of anilines is 1. The van der Waals surface area contributed by atoms with E-state index in [1.54, 1.807) is 16.7 Å². The third kappa shape index (κ3) is 4.98. The predicted octanol–water partition coefficient (Wildman–Crippen LogP) is 2.67. The minimum absolute atomic E-state index is 0.0421. The lowest BCUT2D eigenvalue weighted by molar-refractivity contribution is -0.121. The van der Waals surface area contributed by atoms with Crippen LogP contribution in [0.2, 0.25) is 0 Å². The number of hydrogen-bond acceptors (Lipinski definition) is 6. The lowest BCUT2D eigenvalue weighted by Gasteiger charge is -2.22. The first-order valence-corrected chi connectivity index (χ1v) is 11.4. The molecule has 0 spiro atoms. The fourth-order valence-corrected chi connectivity index (χ4v) is 4.77. The Kier molecular flexibility index (Phi) is 6.61. The van der Waals surface area contributed by atoms with Gasteiger partial charge in [0.15, 0.2) is 6.61 Å². The van der Waals surface area contributed by atoms with Gasteiger partial charge in [0.05, 0.1) is 16.1 Å². The molecule has 7 nitrogen and oxygen atoms in total. The van der Waals surface area contributed by atoms with Gasteiger partial charge in [-0.3, -0.25) is 4.79 Å². The zero-order chi connectivity index (χ0) is 21.0. The van der Waals surface area contributed by atoms with Crippen molar-refractivity contribution < 1.29 is 22.7 Å². The molecule has 1 aliphatic rings. The van der Waals surface area contributed by atoms with Crippen molar-refractivity contribution >= 4 is 39.3 Å². The number of benzene rings is 2. The maximum Gasteiger partial charge on any atom is 0.338 e. The number of amides is 1. The molecule has 0 fully saturated rings. The number of thioether (sulfide) groups is 1. The molecule has 0 radical (unpaired) electrons. The van der Waals surface area contributed by atoms with Gasteiger partial charge < -0.3 is 9.64 Å². The summed E-state index contributed by atoms with van der Waals surface area (Å²) in [6.07, 6.45) is 0.834. The molecule has 1 amide bonds. The number of carbonyl (C=O) groups excluding carboxylic acids is 2. The van der Waals surface area contributed by atoms with Crippen molar-refractivity contribution in [1.82, 2.24) is 4.72 Å². The van der Waals surface area contributed by atoms with Crippen molar-refractivity contribution in [3.05, 3.63) is 54.1 Å². The molecule has 29 heavy (non-hydrogen) atoms. The Labute approximate surface area is 174 Å². The first kappa shape index (κ1) is 21.4. The summed E-state index contributed by atoms with van der Waals surface area (Å²) in [6.45, 7) is 2.29. The number of para-hydroxylation sites is 1. The Hall–Kier alpha value is -2.36. The Balaban J connectivity index is 1.67. The Morgan fingerprint density at radius 2 is 1.86 bits per heavy atom. The van der Waals surface area contributed by atoms with Crippen LogP contribution in [0.3, 0.4) is 0 Å². The smallest absolute Gasteiger partial charge is 0.338 e. The van der Waals surface area contributed by atoms with Crippen LogP contribution in [0.4, 0.5) is 5.69 Å². The summed E-state index contributed by atoms with van der Waals surface area (Å²) in [7, 11) is -2.27. The fraction of sp³-hybridized carbons (Fsp3) is 0.300. The van der Waals surface area contributed by atoms with Gasteiger partial charge in [0.25, 0.3) is 5.91 Å². The minimum atomic E-state index is -3.58. The number of sulfonamides is 1. The number of fused-ring (bicyclic) bond motifs is 1. The van der Waals surface area contributed by atoms with Gasteiger partial charge in [-0.1, -0.05) is 19.1 Å². The molecule has 0 aromatic heterocycles. The van der Waals surface area contributed by atoms with Crippen molar-refractivity contribution in [2.24, 2.45) is 0 Å². The summed E-state index contributed by atoms with van der Waals surface area (Å²) in [5.74, 6) is -0.979. The van der Waals surface area contributed by atoms with Gasteiger partial charge >= 0.3 is 5.97 Å². The summed E-state index contributed by atoms with van der Waals surface area (Å²) in [4.78, 5) is 27.7. The molecule has 2 aromatic carbocycles. The van der Waals surface area contributed by atoms with Crippen LogP contribution in [0.5, 0.6) is 0 Å². The third-order valence-electron chi connectivity index (χ3n) is 4.54. The second-order valence-corrected chi connectivity index (χ2v) is 9.91. The van der Waals surface area contributed by atoms with Crippen molar-refractivity contribution in [3.63, 3.8) is 0 Å². The van der Waals surface area contributed by atoms with Crippen LogP contribution in [0.25, 0.3) is 0 Å². The molecule has 0 saturated carbocycles. The van der Waals surface area contributed by atoms with Crippen LogP contribution in [0.1, 0.15) is 23.7 Å². The minimum Gasteiger partial charge on any atom is -0.452 e. The van der Waals surface area contributed by atoms with Crippen molar-refractivity contribution in [2.75, 3.05) is 25.1 Å². The zero-order valence-electron chi connectivity index (χ0n) is 16.1. The van der Waals surface area contributed by atoms with E-state index in [1.165, 1.54) is 31.3 Å². The number of nitrogens with one attached hydrogen (secondary N) is 1. The van der Waals surface area contributed by atoms with E-state index in [9.17, 15) is 18.0 Å². The Morgan fingerprint density at radius 3 is 2.55 bits per heavy atom. The highest BCUT2D eigenvalue weighted by molar-refractivity contribution is 8.00. The Morgan fingerprint density at radius 1 is 1.17 bits per heavy atom. The number of hydrogen-bond donors (Lipinski definition) is 1. The van der Waals surface area contributed by atoms with Gasteiger partial charge in [0, 0.05) is 16.7 Å². The average Bonchev–Trinajstić information content (AvgIpc) is 2.90. The number of ether oxygens (including phenoxy) is 1. The second kappa shape index (κ2) is 8.98. The molecule has 1 atom stereocenters. The van der Waals surface area contributed by atoms with Crippen LogP contribution >= 0.6 is 11.8 Å². The van der Waals surface area contributed by atoms with E-state index in [2.05, 4.69) is 11.6 Å². The molecule has 0 aliphatic carbocycles. The van der Waals surface area contributed by atoms with E-state index in [-0.39, 0.29) is 23.0 Å². The van der Waals surface area contributed by atoms with E-state index in [0.29, 0.717) is 11.8 Å². The summed E-state index contributed by atoms with van der Waals surface area (Å²) in [5.41, 5.74) is 0.998. The highest BCUT2D eigenvalue weighted by atomic mass is 32.2. The summed E-state index contributed by atoms with van der Waals surface area (Å²) in [6, 6.07) is 13.0. The first-order valence-electron chi connectivity index (χ1n) is 9.08. The highest BCUT2D eigenvalue weighted by Gasteiger charge is 2.25. The van der Waals surface area contributed by atoms with Gasteiger partial charge in [0.1, 0.15) is 0 Å². The molecule has 0 saturated heterocycles. The number of nitrogens with zero attached hydrogens (tertiary/aromatic N) is 1. The SMILES string of the molecule is CNS(=O)(=O)c1ccc(C(=O)OCC(=O)N2CCC(C)Sc3ccccc32)cc1. The number of esters is 1. The highest BCUT2D eigenvalue weighted by Crippen LogP contribution is 2.37. The van der Waals surface area contributed by atoms with Gasteiger partial charge in [-0.25, -0.2) is 17.9 Å². The van der Waals surface area contributed by atoms with E-state index in [1.807, 2.05) is 24.3 Å². The molecule has 2 aromatic rings.